The molecule has 0 spiro atoms. The van der Waals surface area contributed by atoms with Gasteiger partial charge in [0.1, 0.15) is 11.5 Å². The van der Waals surface area contributed by atoms with Crippen LogP contribution in [0.2, 0.25) is 0 Å². The number of ketones is 1. The van der Waals surface area contributed by atoms with Crippen molar-refractivity contribution in [3.05, 3.63) is 94.6 Å². The third-order valence-corrected chi connectivity index (χ3v) is 7.47. The predicted octanol–water partition coefficient (Wildman–Crippen LogP) is 6.77. The van der Waals surface area contributed by atoms with Crippen molar-refractivity contribution in [3.63, 3.8) is 0 Å². The fourth-order valence-corrected chi connectivity index (χ4v) is 5.12. The molecule has 1 saturated heterocycles. The quantitative estimate of drug-likeness (QED) is 0.209. The van der Waals surface area contributed by atoms with Gasteiger partial charge in [-0.2, -0.15) is 0 Å². The average Bonchev–Trinajstić information content (AvgIpc) is 3.19. The number of aliphatic hydroxyl groups is 1. The fourth-order valence-electron chi connectivity index (χ4n) is 5.12. The molecule has 0 saturated carbocycles. The van der Waals surface area contributed by atoms with Crippen LogP contribution in [0.25, 0.3) is 5.76 Å². The van der Waals surface area contributed by atoms with Crippen LogP contribution in [0.4, 0.5) is 11.4 Å². The molecular weight excluding hydrogens is 488 g/mol. The van der Waals surface area contributed by atoms with Gasteiger partial charge in [-0.05, 0) is 73.2 Å². The highest BCUT2D eigenvalue weighted by Gasteiger charge is 2.47. The van der Waals surface area contributed by atoms with Gasteiger partial charge >= 0.3 is 0 Å². The van der Waals surface area contributed by atoms with E-state index in [1.54, 1.807) is 31.4 Å². The van der Waals surface area contributed by atoms with Gasteiger partial charge in [0.25, 0.3) is 11.7 Å². The SMILES string of the molecule is CCN(CC)c1ccc(C2/C(=C(\O)c3cc(C(C)(C)C)ccc3C)C(=O)C(=O)N2c2cccc(OC)c2)cc1. The number of ether oxygens (including phenoxy) is 1. The van der Waals surface area contributed by atoms with E-state index >= 15 is 0 Å². The Kier molecular flexibility index (Phi) is 7.86. The summed E-state index contributed by atoms with van der Waals surface area (Å²) in [5.41, 5.74) is 4.63. The lowest BCUT2D eigenvalue weighted by molar-refractivity contribution is -0.132. The van der Waals surface area contributed by atoms with E-state index in [1.165, 1.54) is 4.90 Å². The van der Waals surface area contributed by atoms with E-state index in [9.17, 15) is 14.7 Å². The first-order valence-electron chi connectivity index (χ1n) is 13.4. The Morgan fingerprint density at radius 1 is 0.974 bits per heavy atom. The average molecular weight is 527 g/mol. The highest BCUT2D eigenvalue weighted by molar-refractivity contribution is 6.51. The number of hydrogen-bond donors (Lipinski definition) is 1. The number of carbonyl (C=O) groups is 2. The van der Waals surface area contributed by atoms with Crippen LogP contribution in [-0.4, -0.2) is 37.0 Å². The Hall–Kier alpha value is -4.06. The first-order chi connectivity index (χ1) is 18.5. The summed E-state index contributed by atoms with van der Waals surface area (Å²) in [6.45, 7) is 14.1. The van der Waals surface area contributed by atoms with Gasteiger partial charge in [0.2, 0.25) is 0 Å². The Bertz CT molecular complexity index is 1410. The molecule has 1 fully saturated rings. The van der Waals surface area contributed by atoms with E-state index in [0.29, 0.717) is 17.0 Å². The first kappa shape index (κ1) is 28.0. The summed E-state index contributed by atoms with van der Waals surface area (Å²) in [5.74, 6) is -1.00. The molecule has 1 amide bonds. The predicted molar refractivity (Wildman–Crippen MR) is 158 cm³/mol. The number of amides is 1. The lowest BCUT2D eigenvalue weighted by Crippen LogP contribution is -2.29. The number of Topliss-reactive ketones (excluding diaryl/α,β-unsaturated/α-hetero) is 1. The molecule has 0 aromatic heterocycles. The zero-order valence-electron chi connectivity index (χ0n) is 23.9. The summed E-state index contributed by atoms with van der Waals surface area (Å²) in [6.07, 6.45) is 0. The molecular formula is C33H38N2O4. The van der Waals surface area contributed by atoms with Crippen molar-refractivity contribution < 1.29 is 19.4 Å². The number of methoxy groups -OCH3 is 1. The van der Waals surface area contributed by atoms with Crippen LogP contribution in [0.3, 0.4) is 0 Å². The van der Waals surface area contributed by atoms with Crippen LogP contribution in [-0.2, 0) is 15.0 Å². The fraction of sp³-hybridized carbons (Fsp3) is 0.333. The Morgan fingerprint density at radius 2 is 1.64 bits per heavy atom. The second-order valence-corrected chi connectivity index (χ2v) is 10.9. The van der Waals surface area contributed by atoms with Crippen molar-refractivity contribution >= 4 is 28.8 Å². The summed E-state index contributed by atoms with van der Waals surface area (Å²) in [7, 11) is 1.56. The molecule has 6 nitrogen and oxygen atoms in total. The zero-order valence-corrected chi connectivity index (χ0v) is 23.9. The normalized spacial score (nSPS) is 17.0. The Morgan fingerprint density at radius 3 is 2.23 bits per heavy atom. The van der Waals surface area contributed by atoms with Crippen molar-refractivity contribution in [2.24, 2.45) is 0 Å². The van der Waals surface area contributed by atoms with Crippen LogP contribution in [0.15, 0.2) is 72.3 Å². The third kappa shape index (κ3) is 5.29. The van der Waals surface area contributed by atoms with E-state index < -0.39 is 17.7 Å². The van der Waals surface area contributed by atoms with E-state index in [1.807, 2.05) is 49.4 Å². The molecule has 1 atom stereocenters. The van der Waals surface area contributed by atoms with Crippen molar-refractivity contribution in [1.82, 2.24) is 0 Å². The van der Waals surface area contributed by atoms with E-state index in [-0.39, 0.29) is 16.7 Å². The number of nitrogens with zero attached hydrogens (tertiary/aromatic N) is 2. The maximum Gasteiger partial charge on any atom is 0.300 e. The highest BCUT2D eigenvalue weighted by atomic mass is 16.5. The monoisotopic (exact) mass is 526 g/mol. The molecule has 3 aromatic carbocycles. The molecule has 4 rings (SSSR count). The maximum absolute atomic E-state index is 13.7. The maximum atomic E-state index is 13.7. The standard InChI is InChI=1S/C33H38N2O4/c1-8-34(9-2)24-17-14-22(15-18-24)29-28(30(36)27-19-23(33(4,5)6)16-13-21(27)3)31(37)32(38)35(29)25-11-10-12-26(20-25)39-7/h10-20,29,36H,8-9H2,1-7H3/b30-28+. The van der Waals surface area contributed by atoms with Crippen molar-refractivity contribution in [1.29, 1.82) is 0 Å². The van der Waals surface area contributed by atoms with Gasteiger partial charge in [-0.3, -0.25) is 14.5 Å². The number of anilines is 2. The second kappa shape index (κ2) is 11.0. The van der Waals surface area contributed by atoms with E-state index in [4.69, 9.17) is 4.74 Å². The van der Waals surface area contributed by atoms with Crippen molar-refractivity contribution in [3.8, 4) is 5.75 Å². The van der Waals surface area contributed by atoms with Gasteiger partial charge in [0.15, 0.2) is 0 Å². The van der Waals surface area contributed by atoms with E-state index in [2.05, 4.69) is 39.5 Å². The summed E-state index contributed by atoms with van der Waals surface area (Å²) >= 11 is 0. The van der Waals surface area contributed by atoms with Crippen LogP contribution in [0.5, 0.6) is 5.75 Å². The van der Waals surface area contributed by atoms with Gasteiger partial charge in [0, 0.05) is 36.1 Å². The lowest BCUT2D eigenvalue weighted by atomic mass is 9.84. The molecule has 0 radical (unpaired) electrons. The molecule has 204 valence electrons. The molecule has 1 aliphatic rings. The number of carbonyl (C=O) groups excluding carboxylic acids is 2. The molecule has 0 aliphatic carbocycles. The number of benzene rings is 3. The topological polar surface area (TPSA) is 70.1 Å². The van der Waals surface area contributed by atoms with Gasteiger partial charge in [-0.15, -0.1) is 0 Å². The van der Waals surface area contributed by atoms with Crippen LogP contribution < -0.4 is 14.5 Å². The highest BCUT2D eigenvalue weighted by Crippen LogP contribution is 2.43. The molecule has 3 aromatic rings. The van der Waals surface area contributed by atoms with Gasteiger partial charge in [0.05, 0.1) is 18.7 Å². The van der Waals surface area contributed by atoms with Crippen LogP contribution >= 0.6 is 0 Å². The van der Waals surface area contributed by atoms with Gasteiger partial charge in [-0.25, -0.2) is 0 Å². The third-order valence-electron chi connectivity index (χ3n) is 7.47. The zero-order chi connectivity index (χ0) is 28.5. The summed E-state index contributed by atoms with van der Waals surface area (Å²) in [5, 5.41) is 11.7. The number of hydrogen-bond acceptors (Lipinski definition) is 5. The molecule has 1 aliphatic heterocycles. The van der Waals surface area contributed by atoms with E-state index in [0.717, 1.165) is 35.5 Å². The van der Waals surface area contributed by atoms with Gasteiger partial charge < -0.3 is 14.7 Å². The Balaban J connectivity index is 1.95. The summed E-state index contributed by atoms with van der Waals surface area (Å²) in [4.78, 5) is 30.9. The minimum absolute atomic E-state index is 0.0765. The van der Waals surface area contributed by atoms with Crippen LogP contribution in [0, 0.1) is 6.92 Å². The molecule has 1 heterocycles. The minimum atomic E-state index is -0.805. The molecule has 0 bridgehead atoms. The van der Waals surface area contributed by atoms with Crippen molar-refractivity contribution in [2.75, 3.05) is 30.0 Å². The second-order valence-electron chi connectivity index (χ2n) is 10.9. The molecule has 1 N–H and O–H groups in total. The molecule has 39 heavy (non-hydrogen) atoms. The molecule has 1 unspecified atom stereocenters. The largest absolute Gasteiger partial charge is 0.507 e. The minimum Gasteiger partial charge on any atom is -0.507 e. The molecule has 6 heteroatoms. The summed E-state index contributed by atoms with van der Waals surface area (Å²) < 4.78 is 5.40. The van der Waals surface area contributed by atoms with Crippen LogP contribution in [0.1, 0.15) is 62.9 Å². The number of aryl methyl sites for hydroxylation is 1. The smallest absolute Gasteiger partial charge is 0.300 e. The number of rotatable bonds is 7. The van der Waals surface area contributed by atoms with Crippen molar-refractivity contribution in [2.45, 2.75) is 53.0 Å². The van der Waals surface area contributed by atoms with Gasteiger partial charge in [-0.1, -0.05) is 51.1 Å². The Labute approximate surface area is 231 Å². The number of aliphatic hydroxyl groups excluding tert-OH is 1. The summed E-state index contributed by atoms with van der Waals surface area (Å²) in [6, 6.07) is 20.0. The lowest BCUT2D eigenvalue weighted by Gasteiger charge is -2.27. The first-order valence-corrected chi connectivity index (χ1v) is 13.4.